The van der Waals surface area contributed by atoms with E-state index in [-0.39, 0.29) is 10.6 Å². The van der Waals surface area contributed by atoms with E-state index in [9.17, 15) is 17.6 Å². The van der Waals surface area contributed by atoms with Crippen molar-refractivity contribution in [2.45, 2.75) is 9.79 Å². The summed E-state index contributed by atoms with van der Waals surface area (Å²) < 4.78 is 52.6. The third-order valence-corrected chi connectivity index (χ3v) is 7.45. The summed E-state index contributed by atoms with van der Waals surface area (Å²) in [6.45, 7) is 0.166. The van der Waals surface area contributed by atoms with Crippen LogP contribution < -0.4 is 19.1 Å². The molecule has 0 aromatic heterocycles. The van der Waals surface area contributed by atoms with E-state index in [0.29, 0.717) is 30.4 Å². The number of anilines is 2. The average Bonchev–Trinajstić information content (AvgIpc) is 2.83. The van der Waals surface area contributed by atoms with E-state index < -0.39 is 28.3 Å². The van der Waals surface area contributed by atoms with Gasteiger partial charge in [-0.3, -0.25) is 9.10 Å². The standard InChI is InChI=1S/C23H21FN2O5S2/c1-32-22-5-3-2-4-19(22)25-23(27)15-26(17-8-6-16(24)7-9-17)33(28,29)18-10-11-20-21(14-18)31-13-12-30-20/h2-11,14H,12-13,15H2,1H3,(H,25,27). The second-order valence-corrected chi connectivity index (χ2v) is 9.75. The Kier molecular flexibility index (Phi) is 6.75. The van der Waals surface area contributed by atoms with Crippen LogP contribution in [-0.4, -0.2) is 40.3 Å². The van der Waals surface area contributed by atoms with Crippen LogP contribution in [0.4, 0.5) is 15.8 Å². The summed E-state index contributed by atoms with van der Waals surface area (Å²) in [6.07, 6.45) is 1.88. The molecule has 10 heteroatoms. The van der Waals surface area contributed by atoms with Crippen LogP contribution in [0.3, 0.4) is 0 Å². The van der Waals surface area contributed by atoms with Crippen molar-refractivity contribution < 1.29 is 27.1 Å². The van der Waals surface area contributed by atoms with Crippen LogP contribution >= 0.6 is 11.8 Å². The van der Waals surface area contributed by atoms with Crippen molar-refractivity contribution in [2.24, 2.45) is 0 Å². The molecular formula is C23H21FN2O5S2. The SMILES string of the molecule is CSc1ccccc1NC(=O)CN(c1ccc(F)cc1)S(=O)(=O)c1ccc2c(c1)OCCO2. The number of rotatable bonds is 7. The Hall–Kier alpha value is -3.24. The van der Waals surface area contributed by atoms with E-state index in [2.05, 4.69) is 5.32 Å². The van der Waals surface area contributed by atoms with Gasteiger partial charge in [0.1, 0.15) is 25.6 Å². The molecule has 0 aliphatic carbocycles. The zero-order chi connectivity index (χ0) is 23.4. The second kappa shape index (κ2) is 9.72. The summed E-state index contributed by atoms with van der Waals surface area (Å²) in [5.74, 6) is -0.310. The maximum Gasteiger partial charge on any atom is 0.264 e. The lowest BCUT2D eigenvalue weighted by Crippen LogP contribution is -2.38. The highest BCUT2D eigenvalue weighted by molar-refractivity contribution is 7.98. The second-order valence-electron chi connectivity index (χ2n) is 7.04. The fourth-order valence-electron chi connectivity index (χ4n) is 3.30. The molecule has 0 saturated heterocycles. The number of nitrogens with zero attached hydrogens (tertiary/aromatic N) is 1. The molecule has 1 N–H and O–H groups in total. The number of hydrogen-bond acceptors (Lipinski definition) is 6. The maximum atomic E-state index is 13.6. The zero-order valence-corrected chi connectivity index (χ0v) is 19.3. The number of para-hydroxylation sites is 1. The van der Waals surface area contributed by atoms with Gasteiger partial charge in [0.2, 0.25) is 5.91 Å². The molecule has 172 valence electrons. The summed E-state index contributed by atoms with van der Waals surface area (Å²) in [4.78, 5) is 13.7. The number of halogens is 1. The minimum Gasteiger partial charge on any atom is -0.486 e. The number of amides is 1. The van der Waals surface area contributed by atoms with Crippen LogP contribution in [0, 0.1) is 5.82 Å². The number of sulfonamides is 1. The van der Waals surface area contributed by atoms with Gasteiger partial charge >= 0.3 is 0 Å². The first-order valence-corrected chi connectivity index (χ1v) is 12.7. The van der Waals surface area contributed by atoms with Crippen LogP contribution in [0.5, 0.6) is 11.5 Å². The summed E-state index contributed by atoms with van der Waals surface area (Å²) in [5, 5.41) is 2.76. The number of carbonyl (C=O) groups excluding carboxylic acids is 1. The Labute approximate surface area is 195 Å². The Morgan fingerprint density at radius 1 is 1.03 bits per heavy atom. The molecular weight excluding hydrogens is 467 g/mol. The van der Waals surface area contributed by atoms with Gasteiger partial charge in [0.05, 0.1) is 16.3 Å². The molecule has 4 rings (SSSR count). The van der Waals surface area contributed by atoms with Crippen molar-refractivity contribution in [1.82, 2.24) is 0 Å². The van der Waals surface area contributed by atoms with Gasteiger partial charge in [0, 0.05) is 11.0 Å². The molecule has 3 aromatic rings. The molecule has 1 heterocycles. The lowest BCUT2D eigenvalue weighted by atomic mass is 10.3. The van der Waals surface area contributed by atoms with E-state index in [1.54, 1.807) is 12.1 Å². The lowest BCUT2D eigenvalue weighted by Gasteiger charge is -2.25. The molecule has 1 aliphatic rings. The van der Waals surface area contributed by atoms with Crippen molar-refractivity contribution >= 4 is 39.1 Å². The van der Waals surface area contributed by atoms with Gasteiger partial charge in [-0.2, -0.15) is 0 Å². The first kappa shape index (κ1) is 22.9. The molecule has 1 amide bonds. The molecule has 0 radical (unpaired) electrons. The topological polar surface area (TPSA) is 84.9 Å². The first-order chi connectivity index (χ1) is 15.9. The predicted octanol–water partition coefficient (Wildman–Crippen LogP) is 4.15. The number of fused-ring (bicyclic) bond motifs is 1. The lowest BCUT2D eigenvalue weighted by molar-refractivity contribution is -0.114. The van der Waals surface area contributed by atoms with Gasteiger partial charge < -0.3 is 14.8 Å². The van der Waals surface area contributed by atoms with Crippen LogP contribution in [-0.2, 0) is 14.8 Å². The van der Waals surface area contributed by atoms with Crippen molar-refractivity contribution in [3.8, 4) is 11.5 Å². The third kappa shape index (κ3) is 5.07. The molecule has 0 atom stereocenters. The predicted molar refractivity (Wildman–Crippen MR) is 125 cm³/mol. The molecule has 0 spiro atoms. The minimum atomic E-state index is -4.19. The van der Waals surface area contributed by atoms with Crippen molar-refractivity contribution in [1.29, 1.82) is 0 Å². The van der Waals surface area contributed by atoms with Gasteiger partial charge in [-0.25, -0.2) is 12.8 Å². The molecule has 1 aliphatic heterocycles. The fourth-order valence-corrected chi connectivity index (χ4v) is 5.29. The summed E-state index contributed by atoms with van der Waals surface area (Å²) >= 11 is 1.46. The van der Waals surface area contributed by atoms with Crippen molar-refractivity contribution in [3.63, 3.8) is 0 Å². The van der Waals surface area contributed by atoms with Gasteiger partial charge in [-0.1, -0.05) is 12.1 Å². The average molecular weight is 489 g/mol. The Morgan fingerprint density at radius 2 is 1.73 bits per heavy atom. The van der Waals surface area contributed by atoms with E-state index in [1.165, 1.54) is 42.1 Å². The highest BCUT2D eigenvalue weighted by atomic mass is 32.2. The van der Waals surface area contributed by atoms with Crippen LogP contribution in [0.2, 0.25) is 0 Å². The van der Waals surface area contributed by atoms with Crippen molar-refractivity contribution in [2.75, 3.05) is 35.6 Å². The Morgan fingerprint density at radius 3 is 2.45 bits per heavy atom. The highest BCUT2D eigenvalue weighted by Crippen LogP contribution is 2.34. The molecule has 3 aromatic carbocycles. The van der Waals surface area contributed by atoms with Crippen LogP contribution in [0.25, 0.3) is 0 Å². The Balaban J connectivity index is 1.67. The molecule has 0 saturated carbocycles. The molecule has 7 nitrogen and oxygen atoms in total. The number of ether oxygens (including phenoxy) is 2. The highest BCUT2D eigenvalue weighted by Gasteiger charge is 2.29. The monoisotopic (exact) mass is 488 g/mol. The summed E-state index contributed by atoms with van der Waals surface area (Å²) in [7, 11) is -4.19. The molecule has 0 bridgehead atoms. The largest absolute Gasteiger partial charge is 0.486 e. The fraction of sp³-hybridized carbons (Fsp3) is 0.174. The third-order valence-electron chi connectivity index (χ3n) is 4.88. The number of thioether (sulfide) groups is 1. The molecule has 0 fully saturated rings. The quantitative estimate of drug-likeness (QED) is 0.503. The van der Waals surface area contributed by atoms with Crippen LogP contribution in [0.15, 0.2) is 76.5 Å². The number of benzene rings is 3. The van der Waals surface area contributed by atoms with E-state index >= 15 is 0 Å². The maximum absolute atomic E-state index is 13.6. The number of hydrogen-bond donors (Lipinski definition) is 1. The van der Waals surface area contributed by atoms with E-state index in [4.69, 9.17) is 9.47 Å². The van der Waals surface area contributed by atoms with Crippen LogP contribution in [0.1, 0.15) is 0 Å². The van der Waals surface area contributed by atoms with Gasteiger partial charge in [-0.15, -0.1) is 11.8 Å². The number of carbonyl (C=O) groups is 1. The summed E-state index contributed by atoms with van der Waals surface area (Å²) in [5.41, 5.74) is 0.727. The van der Waals surface area contributed by atoms with E-state index in [0.717, 1.165) is 21.3 Å². The zero-order valence-electron chi connectivity index (χ0n) is 17.7. The Bertz CT molecular complexity index is 1270. The normalized spacial score (nSPS) is 12.8. The number of nitrogens with one attached hydrogen (secondary N) is 1. The van der Waals surface area contributed by atoms with Gasteiger partial charge in [0.15, 0.2) is 11.5 Å². The smallest absolute Gasteiger partial charge is 0.264 e. The van der Waals surface area contributed by atoms with Gasteiger partial charge in [-0.05, 0) is 54.8 Å². The molecule has 33 heavy (non-hydrogen) atoms. The molecule has 0 unspecified atom stereocenters. The summed E-state index contributed by atoms with van der Waals surface area (Å²) in [6, 6.07) is 16.4. The first-order valence-electron chi connectivity index (χ1n) is 9.99. The van der Waals surface area contributed by atoms with Gasteiger partial charge in [0.25, 0.3) is 10.0 Å². The minimum absolute atomic E-state index is 0.0756. The van der Waals surface area contributed by atoms with E-state index in [1.807, 2.05) is 18.4 Å². The van der Waals surface area contributed by atoms with Crippen molar-refractivity contribution in [3.05, 3.63) is 72.5 Å².